The van der Waals surface area contributed by atoms with Gasteiger partial charge >= 0.3 is 0 Å². The predicted molar refractivity (Wildman–Crippen MR) is 127 cm³/mol. The van der Waals surface area contributed by atoms with E-state index in [0.29, 0.717) is 46.7 Å². The third-order valence-electron chi connectivity index (χ3n) is 6.05. The fourth-order valence-electron chi connectivity index (χ4n) is 4.37. The number of likely N-dealkylation sites (tertiary alicyclic amines) is 1. The van der Waals surface area contributed by atoms with E-state index in [1.807, 2.05) is 12.1 Å². The molecule has 4 aromatic rings. The molecule has 0 spiro atoms. The van der Waals surface area contributed by atoms with Crippen molar-refractivity contribution in [1.82, 2.24) is 24.6 Å². The Hall–Kier alpha value is -4.58. The van der Waals surface area contributed by atoms with Gasteiger partial charge in [-0.15, -0.1) is 0 Å². The van der Waals surface area contributed by atoms with Gasteiger partial charge in [0.25, 0.3) is 0 Å². The molecule has 0 saturated carbocycles. The molecule has 1 unspecified atom stereocenters. The molecule has 1 aliphatic rings. The Bertz CT molecular complexity index is 1460. The summed E-state index contributed by atoms with van der Waals surface area (Å²) in [6, 6.07) is 10.7. The summed E-state index contributed by atoms with van der Waals surface area (Å²) in [5, 5.41) is 14.6. The largest absolute Gasteiger partial charge is 0.456 e. The summed E-state index contributed by atoms with van der Waals surface area (Å²) < 4.78 is 22.5. The number of fused-ring (bicyclic) bond motifs is 1. The van der Waals surface area contributed by atoms with Crippen LogP contribution in [-0.2, 0) is 4.79 Å². The van der Waals surface area contributed by atoms with E-state index in [1.54, 1.807) is 40.2 Å². The van der Waals surface area contributed by atoms with Crippen molar-refractivity contribution in [2.24, 2.45) is 0 Å². The lowest BCUT2D eigenvalue weighted by atomic mass is 10.1. The molecule has 3 aromatic heterocycles. The maximum Gasteiger partial charge on any atom is 0.246 e. The Balaban J connectivity index is 1.49. The Morgan fingerprint density at radius 3 is 2.80 bits per heavy atom. The topological polar surface area (TPSA) is 96.9 Å². The highest BCUT2D eigenvalue weighted by Crippen LogP contribution is 2.34. The molecular weight excluding hydrogens is 447 g/mol. The SMILES string of the molecule is C=CC(=O)N1CCCC(n2nc(-c3ccc(Oc4ccncc4C#N)cc3)c3cncc(F)c32)C1. The smallest absolute Gasteiger partial charge is 0.246 e. The van der Waals surface area contributed by atoms with E-state index in [1.165, 1.54) is 18.5 Å². The molecule has 1 aliphatic heterocycles. The highest BCUT2D eigenvalue weighted by atomic mass is 19.1. The van der Waals surface area contributed by atoms with Crippen molar-refractivity contribution in [2.75, 3.05) is 13.1 Å². The van der Waals surface area contributed by atoms with Crippen LogP contribution in [0.1, 0.15) is 24.4 Å². The standard InChI is InChI=1S/C26H21FN6O2/c1-2-24(34)32-11-3-4-19(16-32)33-26-21(14-30-15-22(26)27)25(31-33)17-5-7-20(8-6-17)35-23-9-10-29-13-18(23)12-28/h2,5-10,13-15,19H,1,3-4,11,16H2. The molecule has 174 valence electrons. The fraction of sp³-hybridized carbons (Fsp3) is 0.192. The van der Waals surface area contributed by atoms with Gasteiger partial charge in [-0.05, 0) is 43.2 Å². The quantitative estimate of drug-likeness (QED) is 0.396. The average molecular weight is 468 g/mol. The van der Waals surface area contributed by atoms with Crippen molar-refractivity contribution in [3.8, 4) is 28.8 Å². The van der Waals surface area contributed by atoms with Crippen molar-refractivity contribution >= 4 is 16.8 Å². The van der Waals surface area contributed by atoms with E-state index >= 15 is 0 Å². The van der Waals surface area contributed by atoms with Crippen LogP contribution in [0.25, 0.3) is 22.2 Å². The van der Waals surface area contributed by atoms with Gasteiger partial charge in [-0.1, -0.05) is 6.58 Å². The fourth-order valence-corrected chi connectivity index (χ4v) is 4.37. The Morgan fingerprint density at radius 1 is 1.20 bits per heavy atom. The van der Waals surface area contributed by atoms with E-state index in [4.69, 9.17) is 9.84 Å². The summed E-state index contributed by atoms with van der Waals surface area (Å²) >= 11 is 0. The Kier molecular flexibility index (Phi) is 5.94. The molecule has 1 amide bonds. The zero-order valence-electron chi connectivity index (χ0n) is 18.8. The zero-order chi connectivity index (χ0) is 24.4. The number of hydrogen-bond donors (Lipinski definition) is 0. The molecule has 1 fully saturated rings. The second-order valence-electron chi connectivity index (χ2n) is 8.21. The van der Waals surface area contributed by atoms with Crippen LogP contribution in [0.3, 0.4) is 0 Å². The second-order valence-corrected chi connectivity index (χ2v) is 8.21. The van der Waals surface area contributed by atoms with Gasteiger partial charge in [0.05, 0.1) is 12.2 Å². The number of hydrogen-bond acceptors (Lipinski definition) is 6. The molecule has 4 heterocycles. The molecule has 1 atom stereocenters. The summed E-state index contributed by atoms with van der Waals surface area (Å²) in [4.78, 5) is 21.9. The van der Waals surface area contributed by atoms with E-state index < -0.39 is 5.82 Å². The van der Waals surface area contributed by atoms with Gasteiger partial charge in [-0.3, -0.25) is 19.4 Å². The minimum Gasteiger partial charge on any atom is -0.456 e. The molecular formula is C26H21FN6O2. The van der Waals surface area contributed by atoms with Crippen molar-refractivity contribution in [3.63, 3.8) is 0 Å². The van der Waals surface area contributed by atoms with Crippen molar-refractivity contribution in [2.45, 2.75) is 18.9 Å². The normalized spacial score (nSPS) is 15.5. The Morgan fingerprint density at radius 2 is 2.03 bits per heavy atom. The van der Waals surface area contributed by atoms with Gasteiger partial charge in [-0.25, -0.2) is 4.39 Å². The van der Waals surface area contributed by atoms with Gasteiger partial charge in [0, 0.05) is 48.7 Å². The maximum absolute atomic E-state index is 15.0. The average Bonchev–Trinajstić information content (AvgIpc) is 3.30. The molecule has 8 nitrogen and oxygen atoms in total. The van der Waals surface area contributed by atoms with Crippen molar-refractivity contribution in [3.05, 3.63) is 79.2 Å². The van der Waals surface area contributed by atoms with Crippen LogP contribution in [-0.4, -0.2) is 43.6 Å². The first-order valence-corrected chi connectivity index (χ1v) is 11.1. The number of carbonyl (C=O) groups excluding carboxylic acids is 1. The lowest BCUT2D eigenvalue weighted by molar-refractivity contribution is -0.127. The third-order valence-corrected chi connectivity index (χ3v) is 6.05. The first-order chi connectivity index (χ1) is 17.1. The van der Waals surface area contributed by atoms with Crippen molar-refractivity contribution < 1.29 is 13.9 Å². The number of nitrogens with zero attached hydrogens (tertiary/aromatic N) is 6. The molecule has 5 rings (SSSR count). The summed E-state index contributed by atoms with van der Waals surface area (Å²) in [5.74, 6) is 0.343. The van der Waals surface area contributed by atoms with Crippen LogP contribution < -0.4 is 4.74 Å². The van der Waals surface area contributed by atoms with Crippen molar-refractivity contribution in [1.29, 1.82) is 5.26 Å². The molecule has 1 aromatic carbocycles. The lowest BCUT2D eigenvalue weighted by Gasteiger charge is -2.32. The number of piperidine rings is 1. The van der Waals surface area contributed by atoms with Gasteiger partial charge in [0.1, 0.15) is 34.3 Å². The molecule has 0 N–H and O–H groups in total. The van der Waals surface area contributed by atoms with Crippen LogP contribution >= 0.6 is 0 Å². The molecule has 9 heteroatoms. The first-order valence-electron chi connectivity index (χ1n) is 11.1. The zero-order valence-corrected chi connectivity index (χ0v) is 18.8. The van der Waals surface area contributed by atoms with E-state index in [9.17, 15) is 14.4 Å². The van der Waals surface area contributed by atoms with Crippen LogP contribution in [0.15, 0.2) is 67.8 Å². The number of amides is 1. The van der Waals surface area contributed by atoms with Gasteiger partial charge in [0.2, 0.25) is 5.91 Å². The summed E-state index contributed by atoms with van der Waals surface area (Å²) in [7, 11) is 0. The van der Waals surface area contributed by atoms with Gasteiger partial charge in [0.15, 0.2) is 5.82 Å². The molecule has 35 heavy (non-hydrogen) atoms. The number of rotatable bonds is 5. The van der Waals surface area contributed by atoms with E-state index in [-0.39, 0.29) is 11.9 Å². The number of pyridine rings is 2. The third kappa shape index (κ3) is 4.22. The van der Waals surface area contributed by atoms with Crippen LogP contribution in [0.4, 0.5) is 4.39 Å². The highest BCUT2D eigenvalue weighted by Gasteiger charge is 2.27. The van der Waals surface area contributed by atoms with Crippen LogP contribution in [0.5, 0.6) is 11.5 Å². The van der Waals surface area contributed by atoms with Gasteiger partial charge in [-0.2, -0.15) is 10.4 Å². The minimum absolute atomic E-state index is 0.141. The predicted octanol–water partition coefficient (Wildman–Crippen LogP) is 4.65. The summed E-state index contributed by atoms with van der Waals surface area (Å²) in [6.45, 7) is 4.65. The van der Waals surface area contributed by atoms with Gasteiger partial charge < -0.3 is 9.64 Å². The highest BCUT2D eigenvalue weighted by molar-refractivity contribution is 5.93. The Labute approximate surface area is 200 Å². The number of carbonyl (C=O) groups is 1. The summed E-state index contributed by atoms with van der Waals surface area (Å²) in [5.41, 5.74) is 2.05. The maximum atomic E-state index is 15.0. The van der Waals surface area contributed by atoms with Crippen LogP contribution in [0.2, 0.25) is 0 Å². The van der Waals surface area contributed by atoms with Crippen LogP contribution in [0, 0.1) is 17.1 Å². The van der Waals surface area contributed by atoms with E-state index in [0.717, 1.165) is 18.4 Å². The number of ether oxygens (including phenoxy) is 1. The minimum atomic E-state index is -0.463. The lowest BCUT2D eigenvalue weighted by Crippen LogP contribution is -2.40. The molecule has 1 saturated heterocycles. The molecule has 0 aliphatic carbocycles. The number of aromatic nitrogens is 4. The summed E-state index contributed by atoms with van der Waals surface area (Å²) in [6.07, 6.45) is 8.65. The number of halogens is 1. The number of benzene rings is 1. The van der Waals surface area contributed by atoms with E-state index in [2.05, 4.69) is 22.6 Å². The molecule has 0 bridgehead atoms. The monoisotopic (exact) mass is 468 g/mol. The molecule has 0 radical (unpaired) electrons. The second kappa shape index (κ2) is 9.35. The number of nitriles is 1. The first kappa shape index (κ1) is 22.2.